The summed E-state index contributed by atoms with van der Waals surface area (Å²) in [7, 11) is 0. The molecule has 1 fully saturated rings. The molecule has 1 unspecified atom stereocenters. The van der Waals surface area contributed by atoms with Gasteiger partial charge in [0, 0.05) is 19.1 Å². The molecule has 1 heterocycles. The Hall–Kier alpha value is -1.00. The third-order valence-electron chi connectivity index (χ3n) is 3.79. The smallest absolute Gasteiger partial charge is 0.159 e. The number of halogens is 2. The van der Waals surface area contributed by atoms with Gasteiger partial charge in [-0.3, -0.25) is 0 Å². The van der Waals surface area contributed by atoms with Crippen LogP contribution < -0.4 is 5.32 Å². The lowest BCUT2D eigenvalue weighted by molar-refractivity contribution is 0.264. The molecule has 1 atom stereocenters. The van der Waals surface area contributed by atoms with Gasteiger partial charge < -0.3 is 10.2 Å². The number of benzene rings is 1. The molecule has 0 bridgehead atoms. The summed E-state index contributed by atoms with van der Waals surface area (Å²) in [6.45, 7) is 8.25. The zero-order valence-corrected chi connectivity index (χ0v) is 11.6. The van der Waals surface area contributed by atoms with Gasteiger partial charge in [-0.05, 0) is 57.0 Å². The van der Waals surface area contributed by atoms with Crippen molar-refractivity contribution in [2.45, 2.75) is 32.9 Å². The molecule has 4 heteroatoms. The van der Waals surface area contributed by atoms with E-state index in [2.05, 4.69) is 24.1 Å². The number of hydrogen-bond acceptors (Lipinski definition) is 2. The molecule has 1 aromatic carbocycles. The van der Waals surface area contributed by atoms with Crippen molar-refractivity contribution in [1.82, 2.24) is 10.2 Å². The summed E-state index contributed by atoms with van der Waals surface area (Å²) in [5, 5.41) is 3.33. The van der Waals surface area contributed by atoms with Crippen molar-refractivity contribution in [3.63, 3.8) is 0 Å². The summed E-state index contributed by atoms with van der Waals surface area (Å²) in [5.74, 6) is -0.897. The molecule has 106 valence electrons. The van der Waals surface area contributed by atoms with Crippen molar-refractivity contribution >= 4 is 0 Å². The van der Waals surface area contributed by atoms with E-state index >= 15 is 0 Å². The first-order valence-corrected chi connectivity index (χ1v) is 6.95. The van der Waals surface area contributed by atoms with Gasteiger partial charge in [-0.1, -0.05) is 6.07 Å². The van der Waals surface area contributed by atoms with Gasteiger partial charge in [0.2, 0.25) is 0 Å². The Morgan fingerprint density at radius 1 is 1.32 bits per heavy atom. The highest BCUT2D eigenvalue weighted by Gasteiger charge is 2.23. The molecule has 0 amide bonds. The molecular formula is C15H22F2N2. The monoisotopic (exact) mass is 268 g/mol. The fourth-order valence-corrected chi connectivity index (χ4v) is 2.57. The molecule has 0 aromatic heterocycles. The van der Waals surface area contributed by atoms with Crippen molar-refractivity contribution in [2.24, 2.45) is 5.92 Å². The minimum Gasteiger partial charge on any atom is -0.312 e. The molecule has 2 rings (SSSR count). The Morgan fingerprint density at radius 3 is 2.74 bits per heavy atom. The lowest BCUT2D eigenvalue weighted by atomic mass is 10.1. The quantitative estimate of drug-likeness (QED) is 0.883. The zero-order valence-electron chi connectivity index (χ0n) is 11.6. The van der Waals surface area contributed by atoms with Crippen molar-refractivity contribution < 1.29 is 8.78 Å². The third-order valence-corrected chi connectivity index (χ3v) is 3.79. The largest absolute Gasteiger partial charge is 0.312 e. The Labute approximate surface area is 113 Å². The average Bonchev–Trinajstić information content (AvgIpc) is 2.83. The first-order chi connectivity index (χ1) is 9.06. The molecule has 1 aromatic rings. The summed E-state index contributed by atoms with van der Waals surface area (Å²) >= 11 is 0. The molecule has 0 spiro atoms. The maximum atomic E-state index is 13.0. The second kappa shape index (κ2) is 6.44. The number of rotatable bonds is 5. The molecule has 1 N–H and O–H groups in total. The van der Waals surface area contributed by atoms with Gasteiger partial charge in [0.1, 0.15) is 0 Å². The zero-order chi connectivity index (χ0) is 13.8. The maximum Gasteiger partial charge on any atom is 0.159 e. The average molecular weight is 268 g/mol. The van der Waals surface area contributed by atoms with Gasteiger partial charge in [-0.2, -0.15) is 0 Å². The summed E-state index contributed by atoms with van der Waals surface area (Å²) in [6.07, 6.45) is 1.21. The minimum atomic E-state index is -0.785. The topological polar surface area (TPSA) is 15.3 Å². The lowest BCUT2D eigenvalue weighted by Gasteiger charge is -2.20. The van der Waals surface area contributed by atoms with E-state index in [1.165, 1.54) is 18.6 Å². The SMILES string of the molecule is CC(C)N1CCC(CNCc2ccc(F)c(F)c2)C1. The molecule has 2 nitrogen and oxygen atoms in total. The molecule has 0 aliphatic carbocycles. The Morgan fingerprint density at radius 2 is 2.11 bits per heavy atom. The predicted molar refractivity (Wildman–Crippen MR) is 72.9 cm³/mol. The van der Waals surface area contributed by atoms with E-state index < -0.39 is 11.6 Å². The van der Waals surface area contributed by atoms with Gasteiger partial charge in [-0.25, -0.2) is 8.78 Å². The van der Waals surface area contributed by atoms with Crippen LogP contribution in [0.5, 0.6) is 0 Å². The summed E-state index contributed by atoms with van der Waals surface area (Å²) < 4.78 is 25.8. The van der Waals surface area contributed by atoms with Gasteiger partial charge in [0.25, 0.3) is 0 Å². The normalized spacial score (nSPS) is 20.4. The minimum absolute atomic E-state index is 0.593. The fraction of sp³-hybridized carbons (Fsp3) is 0.600. The standard InChI is InChI=1S/C15H22F2N2/c1-11(2)19-6-5-13(10-19)9-18-8-12-3-4-14(16)15(17)7-12/h3-4,7,11,13,18H,5-6,8-10H2,1-2H3. The van der Waals surface area contributed by atoms with Crippen LogP contribution in [0.1, 0.15) is 25.8 Å². The van der Waals surface area contributed by atoms with Gasteiger partial charge in [-0.15, -0.1) is 0 Å². The van der Waals surface area contributed by atoms with Crippen molar-refractivity contribution in [3.8, 4) is 0 Å². The van der Waals surface area contributed by atoms with E-state index in [4.69, 9.17) is 0 Å². The van der Waals surface area contributed by atoms with Crippen LogP contribution in [0.3, 0.4) is 0 Å². The number of likely N-dealkylation sites (tertiary alicyclic amines) is 1. The highest BCUT2D eigenvalue weighted by Crippen LogP contribution is 2.17. The molecule has 1 saturated heterocycles. The van der Waals surface area contributed by atoms with Crippen LogP contribution in [-0.4, -0.2) is 30.6 Å². The first kappa shape index (κ1) is 14.4. The highest BCUT2D eigenvalue weighted by atomic mass is 19.2. The van der Waals surface area contributed by atoms with E-state index in [0.717, 1.165) is 25.2 Å². The maximum absolute atomic E-state index is 13.0. The molecular weight excluding hydrogens is 246 g/mol. The van der Waals surface area contributed by atoms with Gasteiger partial charge in [0.05, 0.1) is 0 Å². The third kappa shape index (κ3) is 3.98. The van der Waals surface area contributed by atoms with Gasteiger partial charge in [0.15, 0.2) is 11.6 Å². The second-order valence-electron chi connectivity index (χ2n) is 5.62. The van der Waals surface area contributed by atoms with Crippen LogP contribution in [-0.2, 0) is 6.54 Å². The van der Waals surface area contributed by atoms with Crippen molar-refractivity contribution in [2.75, 3.05) is 19.6 Å². The number of nitrogens with zero attached hydrogens (tertiary/aromatic N) is 1. The predicted octanol–water partition coefficient (Wildman–Crippen LogP) is 2.78. The molecule has 0 radical (unpaired) electrons. The van der Waals surface area contributed by atoms with Crippen LogP contribution in [0.25, 0.3) is 0 Å². The van der Waals surface area contributed by atoms with Crippen LogP contribution in [0.2, 0.25) is 0 Å². The van der Waals surface area contributed by atoms with Gasteiger partial charge >= 0.3 is 0 Å². The van der Waals surface area contributed by atoms with E-state index in [9.17, 15) is 8.78 Å². The molecule has 0 saturated carbocycles. The summed E-state index contributed by atoms with van der Waals surface area (Å²) in [6, 6.07) is 4.68. The summed E-state index contributed by atoms with van der Waals surface area (Å²) in [4.78, 5) is 2.48. The fourth-order valence-electron chi connectivity index (χ4n) is 2.57. The molecule has 1 aliphatic heterocycles. The van der Waals surface area contributed by atoms with Crippen LogP contribution in [0, 0.1) is 17.6 Å². The van der Waals surface area contributed by atoms with Crippen LogP contribution in [0.4, 0.5) is 8.78 Å². The van der Waals surface area contributed by atoms with Crippen molar-refractivity contribution in [1.29, 1.82) is 0 Å². The Bertz CT molecular complexity index is 421. The highest BCUT2D eigenvalue weighted by molar-refractivity contribution is 5.17. The van der Waals surface area contributed by atoms with E-state index in [0.29, 0.717) is 18.5 Å². The van der Waals surface area contributed by atoms with Crippen LogP contribution in [0.15, 0.2) is 18.2 Å². The second-order valence-corrected chi connectivity index (χ2v) is 5.62. The first-order valence-electron chi connectivity index (χ1n) is 6.95. The van der Waals surface area contributed by atoms with Crippen molar-refractivity contribution in [3.05, 3.63) is 35.4 Å². The van der Waals surface area contributed by atoms with E-state index in [-0.39, 0.29) is 0 Å². The number of hydrogen-bond donors (Lipinski definition) is 1. The lowest BCUT2D eigenvalue weighted by Crippen LogP contribution is -2.30. The number of nitrogens with one attached hydrogen (secondary N) is 1. The van der Waals surface area contributed by atoms with E-state index in [1.807, 2.05) is 0 Å². The Balaban J connectivity index is 1.73. The molecule has 1 aliphatic rings. The van der Waals surface area contributed by atoms with E-state index in [1.54, 1.807) is 6.07 Å². The summed E-state index contributed by atoms with van der Waals surface area (Å²) in [5.41, 5.74) is 0.789. The van der Waals surface area contributed by atoms with Crippen LogP contribution >= 0.6 is 0 Å². The Kier molecular flexibility index (Phi) is 4.88. The molecule has 19 heavy (non-hydrogen) atoms.